The van der Waals surface area contributed by atoms with Gasteiger partial charge in [-0.3, -0.25) is 4.99 Å². The predicted molar refractivity (Wildman–Crippen MR) is 50.8 cm³/mol. The molecule has 0 aliphatic rings. The standard InChI is InChI=1S/C7H10BrN3O/c1-2-10-7(11-9)5-3-4-6(8)12-5/h3-4H,2,9H2,1H3,(H,10,11). The van der Waals surface area contributed by atoms with Crippen molar-refractivity contribution in [2.24, 2.45) is 10.8 Å². The van der Waals surface area contributed by atoms with E-state index in [1.807, 2.05) is 6.92 Å². The van der Waals surface area contributed by atoms with Crippen molar-refractivity contribution in [3.05, 3.63) is 22.6 Å². The van der Waals surface area contributed by atoms with Gasteiger partial charge in [0, 0.05) is 6.54 Å². The summed E-state index contributed by atoms with van der Waals surface area (Å²) in [6, 6.07) is 3.58. The summed E-state index contributed by atoms with van der Waals surface area (Å²) in [4.78, 5) is 4.09. The monoisotopic (exact) mass is 231 g/mol. The van der Waals surface area contributed by atoms with Gasteiger partial charge in [0.15, 0.2) is 16.3 Å². The Morgan fingerprint density at radius 3 is 2.92 bits per heavy atom. The largest absolute Gasteiger partial charge is 0.446 e. The zero-order chi connectivity index (χ0) is 8.97. The van der Waals surface area contributed by atoms with E-state index in [-0.39, 0.29) is 0 Å². The van der Waals surface area contributed by atoms with E-state index in [1.165, 1.54) is 0 Å². The molecule has 4 nitrogen and oxygen atoms in total. The third-order valence-corrected chi connectivity index (χ3v) is 1.69. The van der Waals surface area contributed by atoms with Crippen molar-refractivity contribution in [1.29, 1.82) is 0 Å². The highest BCUT2D eigenvalue weighted by molar-refractivity contribution is 9.10. The Balaban J connectivity index is 2.87. The average Bonchev–Trinajstić information content (AvgIpc) is 2.47. The van der Waals surface area contributed by atoms with Crippen LogP contribution in [0.2, 0.25) is 0 Å². The molecule has 1 heterocycles. The molecule has 0 fully saturated rings. The molecule has 0 atom stereocenters. The second kappa shape index (κ2) is 4.27. The summed E-state index contributed by atoms with van der Waals surface area (Å²) in [5.74, 6) is 6.43. The Kier molecular flexibility index (Phi) is 3.31. The average molecular weight is 232 g/mol. The van der Waals surface area contributed by atoms with Crippen molar-refractivity contribution in [2.45, 2.75) is 6.92 Å². The van der Waals surface area contributed by atoms with Gasteiger partial charge in [-0.25, -0.2) is 5.84 Å². The van der Waals surface area contributed by atoms with Crippen molar-refractivity contribution in [3.63, 3.8) is 0 Å². The molecule has 0 saturated carbocycles. The fourth-order valence-electron chi connectivity index (χ4n) is 0.794. The quantitative estimate of drug-likeness (QED) is 0.349. The molecule has 0 saturated heterocycles. The van der Waals surface area contributed by atoms with E-state index in [1.54, 1.807) is 12.1 Å². The first kappa shape index (κ1) is 9.28. The van der Waals surface area contributed by atoms with Gasteiger partial charge in [-0.15, -0.1) is 0 Å². The molecular weight excluding hydrogens is 222 g/mol. The summed E-state index contributed by atoms with van der Waals surface area (Å²) in [6.45, 7) is 2.59. The molecule has 5 heteroatoms. The van der Waals surface area contributed by atoms with Gasteiger partial charge in [-0.2, -0.15) is 0 Å². The van der Waals surface area contributed by atoms with Crippen LogP contribution in [-0.4, -0.2) is 12.4 Å². The van der Waals surface area contributed by atoms with Crippen molar-refractivity contribution in [2.75, 3.05) is 6.54 Å². The van der Waals surface area contributed by atoms with Gasteiger partial charge in [0.25, 0.3) is 0 Å². The molecule has 1 aromatic heterocycles. The summed E-state index contributed by atoms with van der Waals surface area (Å²) >= 11 is 3.19. The third kappa shape index (κ3) is 2.09. The van der Waals surface area contributed by atoms with Crippen LogP contribution in [0, 0.1) is 0 Å². The van der Waals surface area contributed by atoms with E-state index in [4.69, 9.17) is 10.3 Å². The summed E-state index contributed by atoms with van der Waals surface area (Å²) in [7, 11) is 0. The van der Waals surface area contributed by atoms with Crippen molar-refractivity contribution < 1.29 is 4.42 Å². The van der Waals surface area contributed by atoms with Gasteiger partial charge in [0.1, 0.15) is 0 Å². The SMILES string of the molecule is CCN=C(NN)c1ccc(Br)o1. The lowest BCUT2D eigenvalue weighted by molar-refractivity contribution is 0.528. The predicted octanol–water partition coefficient (Wildman–Crippen LogP) is 1.27. The number of hydrazine groups is 1. The van der Waals surface area contributed by atoms with Crippen LogP contribution in [0.15, 0.2) is 26.2 Å². The highest BCUT2D eigenvalue weighted by Crippen LogP contribution is 2.13. The minimum Gasteiger partial charge on any atom is -0.446 e. The lowest BCUT2D eigenvalue weighted by atomic mass is 10.4. The molecule has 0 aliphatic carbocycles. The van der Waals surface area contributed by atoms with E-state index >= 15 is 0 Å². The van der Waals surface area contributed by atoms with Crippen LogP contribution in [0.5, 0.6) is 0 Å². The Bertz CT molecular complexity index is 282. The Labute approximate surface area is 78.9 Å². The molecule has 0 amide bonds. The number of halogens is 1. The Morgan fingerprint density at radius 1 is 1.75 bits per heavy atom. The van der Waals surface area contributed by atoms with E-state index in [2.05, 4.69) is 26.3 Å². The van der Waals surface area contributed by atoms with Crippen LogP contribution in [0.3, 0.4) is 0 Å². The number of amidine groups is 1. The molecule has 0 spiro atoms. The molecule has 0 bridgehead atoms. The topological polar surface area (TPSA) is 63.5 Å². The van der Waals surface area contributed by atoms with Crippen LogP contribution in [0.25, 0.3) is 0 Å². The van der Waals surface area contributed by atoms with Crippen LogP contribution >= 0.6 is 15.9 Å². The zero-order valence-corrected chi connectivity index (χ0v) is 8.26. The molecule has 0 radical (unpaired) electrons. The number of aliphatic imine (C=N–C) groups is 1. The van der Waals surface area contributed by atoms with Crippen molar-refractivity contribution >= 4 is 21.8 Å². The number of nitrogens with one attached hydrogen (secondary N) is 1. The number of hydrogen-bond donors (Lipinski definition) is 2. The summed E-state index contributed by atoms with van der Waals surface area (Å²) < 4.78 is 5.90. The molecule has 12 heavy (non-hydrogen) atoms. The van der Waals surface area contributed by atoms with Gasteiger partial charge in [-0.05, 0) is 35.0 Å². The number of hydrogen-bond acceptors (Lipinski definition) is 3. The molecule has 0 unspecified atom stereocenters. The van der Waals surface area contributed by atoms with Crippen molar-refractivity contribution in [1.82, 2.24) is 5.43 Å². The fourth-order valence-corrected chi connectivity index (χ4v) is 1.10. The number of nitrogens with zero attached hydrogens (tertiary/aromatic N) is 1. The maximum atomic E-state index is 5.24. The van der Waals surface area contributed by atoms with Gasteiger partial charge in [0.2, 0.25) is 0 Å². The third-order valence-electron chi connectivity index (χ3n) is 1.26. The van der Waals surface area contributed by atoms with E-state index in [0.29, 0.717) is 22.8 Å². The minimum absolute atomic E-state index is 0.559. The molecule has 1 rings (SSSR count). The van der Waals surface area contributed by atoms with Gasteiger partial charge >= 0.3 is 0 Å². The second-order valence-electron chi connectivity index (χ2n) is 2.07. The molecule has 3 N–H and O–H groups in total. The summed E-state index contributed by atoms with van der Waals surface area (Å²) in [6.07, 6.45) is 0. The van der Waals surface area contributed by atoms with Crippen LogP contribution < -0.4 is 11.3 Å². The highest BCUT2D eigenvalue weighted by atomic mass is 79.9. The molecule has 66 valence electrons. The maximum Gasteiger partial charge on any atom is 0.179 e. The van der Waals surface area contributed by atoms with E-state index in [0.717, 1.165) is 0 Å². The Morgan fingerprint density at radius 2 is 2.50 bits per heavy atom. The molecule has 0 aromatic carbocycles. The number of rotatable bonds is 2. The first-order valence-corrected chi connectivity index (χ1v) is 4.34. The number of nitrogens with two attached hydrogens (primary N) is 1. The van der Waals surface area contributed by atoms with Gasteiger partial charge in [0.05, 0.1) is 0 Å². The van der Waals surface area contributed by atoms with Gasteiger partial charge in [-0.1, -0.05) is 0 Å². The van der Waals surface area contributed by atoms with Crippen molar-refractivity contribution in [3.8, 4) is 0 Å². The fraction of sp³-hybridized carbons (Fsp3) is 0.286. The highest BCUT2D eigenvalue weighted by Gasteiger charge is 2.05. The van der Waals surface area contributed by atoms with E-state index < -0.39 is 0 Å². The minimum atomic E-state index is 0.559. The smallest absolute Gasteiger partial charge is 0.179 e. The lowest BCUT2D eigenvalue weighted by Crippen LogP contribution is -2.30. The van der Waals surface area contributed by atoms with Crippen LogP contribution in [0.4, 0.5) is 0 Å². The normalized spacial score (nSPS) is 11.8. The first-order chi connectivity index (χ1) is 5.77. The molecular formula is C7H10BrN3O. The van der Waals surface area contributed by atoms with Crippen LogP contribution in [-0.2, 0) is 0 Å². The Hall–Kier alpha value is -0.810. The molecule has 0 aliphatic heterocycles. The zero-order valence-electron chi connectivity index (χ0n) is 6.67. The summed E-state index contributed by atoms with van der Waals surface area (Å²) in [5.41, 5.74) is 2.47. The maximum absolute atomic E-state index is 5.24. The number of furan rings is 1. The van der Waals surface area contributed by atoms with Gasteiger partial charge < -0.3 is 9.84 Å². The summed E-state index contributed by atoms with van der Waals surface area (Å²) in [5, 5.41) is 0. The first-order valence-electron chi connectivity index (χ1n) is 3.54. The van der Waals surface area contributed by atoms with Crippen LogP contribution in [0.1, 0.15) is 12.7 Å². The lowest BCUT2D eigenvalue weighted by Gasteiger charge is -1.99. The molecule has 1 aromatic rings. The second-order valence-corrected chi connectivity index (χ2v) is 2.85. The van der Waals surface area contributed by atoms with E-state index in [9.17, 15) is 0 Å².